The zero-order valence-electron chi connectivity index (χ0n) is 10.3. The van der Waals surface area contributed by atoms with E-state index in [0.717, 1.165) is 5.69 Å². The zero-order chi connectivity index (χ0) is 12.1. The van der Waals surface area contributed by atoms with Crippen molar-refractivity contribution in [1.29, 1.82) is 0 Å². The molecular formula is C12H20N2O2. The summed E-state index contributed by atoms with van der Waals surface area (Å²) in [4.78, 5) is 8.41. The molecule has 0 radical (unpaired) electrons. The number of aliphatic hydroxyl groups is 1. The maximum atomic E-state index is 9.74. The Kier molecular flexibility index (Phi) is 4.68. The van der Waals surface area contributed by atoms with Gasteiger partial charge in [-0.2, -0.15) is 0 Å². The van der Waals surface area contributed by atoms with Gasteiger partial charge in [-0.25, -0.2) is 4.98 Å². The summed E-state index contributed by atoms with van der Waals surface area (Å²) in [5, 5.41) is 9.74. The quantitative estimate of drug-likeness (QED) is 0.832. The van der Waals surface area contributed by atoms with Crippen LogP contribution in [0.4, 0.5) is 0 Å². The van der Waals surface area contributed by atoms with E-state index in [1.807, 2.05) is 27.7 Å². The molecule has 16 heavy (non-hydrogen) atoms. The van der Waals surface area contributed by atoms with Gasteiger partial charge < -0.3 is 9.84 Å². The highest BCUT2D eigenvalue weighted by Crippen LogP contribution is 2.20. The van der Waals surface area contributed by atoms with Crippen LogP contribution in [0.5, 0.6) is 5.88 Å². The summed E-state index contributed by atoms with van der Waals surface area (Å²) in [7, 11) is 0. The fourth-order valence-electron chi connectivity index (χ4n) is 1.43. The number of nitrogens with zero attached hydrogens (tertiary/aromatic N) is 2. The summed E-state index contributed by atoms with van der Waals surface area (Å²) in [6.45, 7) is 7.78. The van der Waals surface area contributed by atoms with Gasteiger partial charge in [-0.05, 0) is 20.3 Å². The monoisotopic (exact) mass is 224 g/mol. The Morgan fingerprint density at radius 2 is 2.00 bits per heavy atom. The van der Waals surface area contributed by atoms with Crippen molar-refractivity contribution in [3.8, 4) is 5.88 Å². The van der Waals surface area contributed by atoms with Crippen LogP contribution in [-0.2, 0) is 0 Å². The summed E-state index contributed by atoms with van der Waals surface area (Å²) in [6.07, 6.45) is 3.67. The summed E-state index contributed by atoms with van der Waals surface area (Å²) in [6, 6.07) is 0. The third kappa shape index (κ3) is 3.45. The number of aliphatic hydroxyl groups excluding tert-OH is 1. The Morgan fingerprint density at radius 1 is 1.31 bits per heavy atom. The average Bonchev–Trinajstić information content (AvgIpc) is 2.26. The van der Waals surface area contributed by atoms with Gasteiger partial charge in [-0.1, -0.05) is 13.8 Å². The minimum Gasteiger partial charge on any atom is -0.474 e. The fourth-order valence-corrected chi connectivity index (χ4v) is 1.43. The van der Waals surface area contributed by atoms with E-state index in [0.29, 0.717) is 12.3 Å². The smallest absolute Gasteiger partial charge is 0.232 e. The number of rotatable bonds is 5. The average molecular weight is 224 g/mol. The van der Waals surface area contributed by atoms with Crippen LogP contribution >= 0.6 is 0 Å². The molecule has 0 spiro atoms. The highest BCUT2D eigenvalue weighted by atomic mass is 16.5. The molecule has 0 bridgehead atoms. The Morgan fingerprint density at radius 3 is 2.56 bits per heavy atom. The highest BCUT2D eigenvalue weighted by Gasteiger charge is 2.16. The van der Waals surface area contributed by atoms with E-state index < -0.39 is 0 Å². The molecule has 2 atom stereocenters. The van der Waals surface area contributed by atoms with E-state index in [-0.39, 0.29) is 18.1 Å². The van der Waals surface area contributed by atoms with Gasteiger partial charge in [0.25, 0.3) is 0 Å². The van der Waals surface area contributed by atoms with Crippen LogP contribution in [0, 0.1) is 0 Å². The topological polar surface area (TPSA) is 55.2 Å². The maximum absolute atomic E-state index is 9.74. The van der Waals surface area contributed by atoms with Crippen molar-refractivity contribution in [2.75, 3.05) is 0 Å². The molecule has 1 N–H and O–H groups in total. The van der Waals surface area contributed by atoms with Crippen molar-refractivity contribution in [2.45, 2.75) is 52.2 Å². The zero-order valence-corrected chi connectivity index (χ0v) is 10.3. The lowest BCUT2D eigenvalue weighted by atomic mass is 9.99. The Labute approximate surface area is 96.7 Å². The number of hydrogen-bond donors (Lipinski definition) is 1. The molecule has 1 heterocycles. The van der Waals surface area contributed by atoms with Crippen molar-refractivity contribution in [3.05, 3.63) is 18.1 Å². The van der Waals surface area contributed by atoms with Gasteiger partial charge in [0, 0.05) is 12.1 Å². The van der Waals surface area contributed by atoms with Crippen LogP contribution in [0.1, 0.15) is 45.7 Å². The molecule has 90 valence electrons. The minimum atomic E-state index is -0.386. The van der Waals surface area contributed by atoms with Crippen LogP contribution in [0.3, 0.4) is 0 Å². The van der Waals surface area contributed by atoms with Gasteiger partial charge in [0.1, 0.15) is 0 Å². The van der Waals surface area contributed by atoms with E-state index in [1.165, 1.54) is 0 Å². The lowest BCUT2D eigenvalue weighted by molar-refractivity contribution is 0.142. The van der Waals surface area contributed by atoms with E-state index in [9.17, 15) is 5.11 Å². The summed E-state index contributed by atoms with van der Waals surface area (Å²) in [5.41, 5.74) is 0.771. The molecule has 4 nitrogen and oxygen atoms in total. The molecule has 1 rings (SSSR count). The van der Waals surface area contributed by atoms with Crippen molar-refractivity contribution in [3.63, 3.8) is 0 Å². The number of ether oxygens (including phenoxy) is 1. The molecule has 4 heteroatoms. The third-order valence-electron chi connectivity index (χ3n) is 2.45. The van der Waals surface area contributed by atoms with Gasteiger partial charge in [0.15, 0.2) is 0 Å². The largest absolute Gasteiger partial charge is 0.474 e. The Bertz CT molecular complexity index is 329. The standard InChI is InChI=1S/C12H20N2O2/c1-5-11(15)9(4)10-6-13-7-12(14-10)16-8(2)3/h6-9,11,15H,5H2,1-4H3. The molecule has 0 aliphatic carbocycles. The molecule has 1 aromatic heterocycles. The van der Waals surface area contributed by atoms with Crippen molar-refractivity contribution in [1.82, 2.24) is 9.97 Å². The van der Waals surface area contributed by atoms with Crippen molar-refractivity contribution in [2.24, 2.45) is 0 Å². The third-order valence-corrected chi connectivity index (χ3v) is 2.45. The van der Waals surface area contributed by atoms with Crippen molar-refractivity contribution < 1.29 is 9.84 Å². The molecule has 0 fully saturated rings. The maximum Gasteiger partial charge on any atom is 0.232 e. The van der Waals surface area contributed by atoms with Crippen molar-refractivity contribution >= 4 is 0 Å². The normalized spacial score (nSPS) is 14.9. The Balaban J connectivity index is 2.81. The SMILES string of the molecule is CCC(O)C(C)c1cncc(OC(C)C)n1. The minimum absolute atomic E-state index is 0.0202. The fraction of sp³-hybridized carbons (Fsp3) is 0.667. The van der Waals surface area contributed by atoms with Crippen LogP contribution in [0.25, 0.3) is 0 Å². The van der Waals surface area contributed by atoms with Gasteiger partial charge in [0.2, 0.25) is 5.88 Å². The predicted octanol–water partition coefficient (Wildman–Crippen LogP) is 2.14. The summed E-state index contributed by atoms with van der Waals surface area (Å²) >= 11 is 0. The predicted molar refractivity (Wildman–Crippen MR) is 62.5 cm³/mol. The molecule has 1 aromatic rings. The van der Waals surface area contributed by atoms with E-state index in [4.69, 9.17) is 4.74 Å². The molecule has 0 aromatic carbocycles. The lowest BCUT2D eigenvalue weighted by Gasteiger charge is -2.17. The van der Waals surface area contributed by atoms with Crippen LogP contribution in [0.15, 0.2) is 12.4 Å². The second-order valence-electron chi connectivity index (χ2n) is 4.21. The van der Waals surface area contributed by atoms with E-state index >= 15 is 0 Å². The van der Waals surface area contributed by atoms with Gasteiger partial charge >= 0.3 is 0 Å². The molecule has 0 amide bonds. The van der Waals surface area contributed by atoms with Crippen LogP contribution < -0.4 is 4.74 Å². The Hall–Kier alpha value is -1.16. The summed E-state index contributed by atoms with van der Waals surface area (Å²) in [5.74, 6) is 0.496. The van der Waals surface area contributed by atoms with E-state index in [2.05, 4.69) is 9.97 Å². The second-order valence-corrected chi connectivity index (χ2v) is 4.21. The van der Waals surface area contributed by atoms with Crippen LogP contribution in [-0.4, -0.2) is 27.3 Å². The first-order valence-electron chi connectivity index (χ1n) is 5.71. The molecule has 0 saturated heterocycles. The van der Waals surface area contributed by atoms with Gasteiger partial charge in [0.05, 0.1) is 24.1 Å². The first kappa shape index (κ1) is 12.9. The molecule has 2 unspecified atom stereocenters. The molecule has 0 saturated carbocycles. The van der Waals surface area contributed by atoms with Gasteiger partial charge in [-0.3, -0.25) is 4.98 Å². The summed E-state index contributed by atoms with van der Waals surface area (Å²) < 4.78 is 5.46. The lowest BCUT2D eigenvalue weighted by Crippen LogP contribution is -2.16. The van der Waals surface area contributed by atoms with Crippen LogP contribution in [0.2, 0.25) is 0 Å². The highest BCUT2D eigenvalue weighted by molar-refractivity contribution is 5.12. The first-order chi connectivity index (χ1) is 7.54. The first-order valence-corrected chi connectivity index (χ1v) is 5.71. The van der Waals surface area contributed by atoms with E-state index in [1.54, 1.807) is 12.4 Å². The van der Waals surface area contributed by atoms with Gasteiger partial charge in [-0.15, -0.1) is 0 Å². The molecular weight excluding hydrogens is 204 g/mol. The number of hydrogen-bond acceptors (Lipinski definition) is 4. The molecule has 0 aliphatic rings. The second kappa shape index (κ2) is 5.80. The molecule has 0 aliphatic heterocycles. The number of aromatic nitrogens is 2.